The Kier molecular flexibility index (Phi) is 33.7. The van der Waals surface area contributed by atoms with Crippen molar-refractivity contribution in [2.24, 2.45) is 5.73 Å². The van der Waals surface area contributed by atoms with Crippen molar-refractivity contribution < 1.29 is 92.1 Å². The van der Waals surface area contributed by atoms with E-state index in [9.17, 15) is 97.4 Å². The van der Waals surface area contributed by atoms with Crippen LogP contribution >= 0.6 is 10.7 Å². The number of alkyl halides is 8. The van der Waals surface area contributed by atoms with Gasteiger partial charge in [0.05, 0.1) is 10.8 Å². The van der Waals surface area contributed by atoms with Crippen LogP contribution in [0.4, 0.5) is 50.7 Å². The molecule has 4 aromatic heterocycles. The van der Waals surface area contributed by atoms with Crippen molar-refractivity contribution >= 4 is 101 Å². The number of alkyl carbamates (subject to hydrolysis) is 2. The van der Waals surface area contributed by atoms with Crippen LogP contribution in [0.3, 0.4) is 0 Å². The molecular weight excluding hydrogens is 1540 g/mol. The summed E-state index contributed by atoms with van der Waals surface area (Å²) in [6.45, 7) is 12.8. The lowest BCUT2D eigenvalue weighted by molar-refractivity contribution is 0.0479. The monoisotopic (exact) mass is 1630 g/mol. The molecule has 45 heteroatoms. The van der Waals surface area contributed by atoms with E-state index in [-0.39, 0.29) is 128 Å². The third kappa shape index (κ3) is 26.9. The summed E-state index contributed by atoms with van der Waals surface area (Å²) in [5.74, 6) is -13.3. The lowest BCUT2D eigenvalue weighted by atomic mass is 10.1. The highest BCUT2D eigenvalue weighted by atomic mass is 35.7. The number of aromatic nitrogens is 6. The summed E-state index contributed by atoms with van der Waals surface area (Å²) in [4.78, 5) is 65.3. The maximum atomic E-state index is 12.8. The Balaban J connectivity index is 0.000000240. The van der Waals surface area contributed by atoms with Crippen LogP contribution in [0.5, 0.6) is 0 Å². The molecule has 2 saturated carbocycles. The highest BCUT2D eigenvalue weighted by Crippen LogP contribution is 2.33. The third-order valence-electron chi connectivity index (χ3n) is 16.9. The summed E-state index contributed by atoms with van der Waals surface area (Å²) in [7, 11) is -15.3. The highest BCUT2D eigenvalue weighted by molar-refractivity contribution is 8.14. The van der Waals surface area contributed by atoms with Gasteiger partial charge in [0, 0.05) is 116 Å². The van der Waals surface area contributed by atoms with E-state index in [4.69, 9.17) is 20.5 Å². The number of nitrogens with zero attached hydrogens (tertiary/aromatic N) is 11. The van der Waals surface area contributed by atoms with Gasteiger partial charge in [-0.3, -0.25) is 22.9 Å². The lowest BCUT2D eigenvalue weighted by Crippen LogP contribution is -2.48. The number of hydrogen-bond acceptors (Lipinski definition) is 24. The number of sulfonamides is 3. The molecule has 4 saturated heterocycles. The SMILES string of the molecule is CC(C)(C)OC(=O)NC1CCN(S(=O)(=O)C(F)F)CC1.CC(C)(C)OC(=O)NC1CCNCC1.CS(=O)c1ncc2cc(C#N)c(=O)n(C3CCCC3)c2n1.N#Cc1cc2cnc(NC3CCN(S(=O)(=O)C(F)F)CC3)nc2n(C2CCCC2)c1=O.NC1CCN(S(=O)(=O)C(F)F)CC1.O=S(=O)(Cl)C(F)F. The molecule has 10 rings (SSSR count). The number of amides is 2. The number of carbonyl (C=O) groups is 2. The Morgan fingerprint density at radius 2 is 0.915 bits per heavy atom. The molecule has 106 heavy (non-hydrogen) atoms. The number of fused-ring (bicyclic) bond motifs is 2. The highest BCUT2D eigenvalue weighted by Gasteiger charge is 2.38. The van der Waals surface area contributed by atoms with E-state index in [0.717, 1.165) is 90.2 Å². The molecule has 0 radical (unpaired) electrons. The van der Waals surface area contributed by atoms with Gasteiger partial charge < -0.3 is 36.5 Å². The van der Waals surface area contributed by atoms with Crippen LogP contribution in [-0.4, -0.2) is 209 Å². The maximum absolute atomic E-state index is 12.8. The molecule has 0 aromatic carbocycles. The van der Waals surface area contributed by atoms with Gasteiger partial charge in [-0.2, -0.15) is 63.5 Å². The zero-order chi connectivity index (χ0) is 79.5. The minimum absolute atomic E-state index is 0.0176. The number of anilines is 1. The van der Waals surface area contributed by atoms with Crippen molar-refractivity contribution in [1.29, 1.82) is 10.5 Å². The number of rotatable bonds is 14. The molecule has 1 atom stereocenters. The van der Waals surface area contributed by atoms with Gasteiger partial charge in [-0.15, -0.1) is 0 Å². The van der Waals surface area contributed by atoms with Crippen LogP contribution in [0, 0.1) is 22.7 Å². The summed E-state index contributed by atoms with van der Waals surface area (Å²) in [6, 6.07) is 6.66. The van der Waals surface area contributed by atoms with Crippen molar-refractivity contribution in [3.05, 3.63) is 56.4 Å². The van der Waals surface area contributed by atoms with Gasteiger partial charge in [0.1, 0.15) is 45.8 Å². The van der Waals surface area contributed by atoms with Gasteiger partial charge in [0.25, 0.3) is 50.2 Å². The number of carbonyl (C=O) groups excluding carboxylic acids is 2. The minimum atomic E-state index is -4.60. The second-order valence-electron chi connectivity index (χ2n) is 27.1. The molecule has 0 bridgehead atoms. The van der Waals surface area contributed by atoms with Crippen LogP contribution in [0.15, 0.2) is 39.3 Å². The third-order valence-corrected chi connectivity index (χ3v) is 23.0. The standard InChI is InChI=1S/C19H22F2N6O3S.C14H14N4O2S.C11H20F2N2O4S.C10H20N2O2.C6H12F2N2O2S.CHClF2O2S/c20-18(21)31(29,30)26-7-5-14(6-8-26)24-19-23-11-13-9-12(10-22)17(28)27(16(13)25-19)15-3-1-2-4-15;1-21(20)14-16-8-10-6-9(7-15)13(19)18(12(10)17-14)11-4-2-3-5-11;1-11(2,3)19-10(16)14-8-4-6-15(7-5-8)20(17,18)9(12)13;1-10(2,3)14-9(13)12-8-4-6-11-7-5-8;7-6(8)13(11,12)10-3-1-5(9)2-4-10;2-7(5,6)1(3)4/h9,11,14-15,18H,1-8H2,(H,23,24,25);6,8,11H,2-5H2,1H3;8-9H,4-7H2,1-3H3,(H,14,16);8,11H,4-7H2,1-3H3,(H,12,13);5-6H,1-4,9H2;1H. The molecule has 2 amide bonds. The van der Waals surface area contributed by atoms with Gasteiger partial charge in [-0.05, 0) is 144 Å². The fourth-order valence-corrected chi connectivity index (χ4v) is 14.9. The number of pyridine rings is 2. The van der Waals surface area contributed by atoms with E-state index < -0.39 is 90.2 Å². The topological polar surface area (TPSA) is 433 Å². The molecule has 6 fully saturated rings. The number of ether oxygens (including phenoxy) is 2. The predicted molar refractivity (Wildman–Crippen MR) is 376 cm³/mol. The summed E-state index contributed by atoms with van der Waals surface area (Å²) in [5.41, 5.74) is 4.88. The Morgan fingerprint density at radius 1 is 0.575 bits per heavy atom. The number of nitrogens with two attached hydrogens (primary N) is 1. The van der Waals surface area contributed by atoms with Crippen LogP contribution in [-0.2, 0) is 59.4 Å². The van der Waals surface area contributed by atoms with Crippen LogP contribution in [0.2, 0.25) is 0 Å². The first-order valence-electron chi connectivity index (χ1n) is 33.5. The first kappa shape index (κ1) is 90.0. The van der Waals surface area contributed by atoms with Crippen molar-refractivity contribution in [3.8, 4) is 12.1 Å². The number of halogens is 9. The average molecular weight is 1630 g/mol. The molecule has 31 nitrogen and oxygen atoms in total. The van der Waals surface area contributed by atoms with Gasteiger partial charge >= 0.3 is 35.2 Å². The van der Waals surface area contributed by atoms with E-state index in [1.54, 1.807) is 36.1 Å². The number of nitrogens with one attached hydrogen (secondary N) is 4. The van der Waals surface area contributed by atoms with Crippen LogP contribution in [0.25, 0.3) is 22.1 Å². The van der Waals surface area contributed by atoms with Crippen LogP contribution in [0.1, 0.15) is 167 Å². The molecule has 0 spiro atoms. The van der Waals surface area contributed by atoms with Crippen LogP contribution < -0.4 is 38.1 Å². The van der Waals surface area contributed by atoms with Crippen molar-refractivity contribution in [2.75, 3.05) is 63.9 Å². The largest absolute Gasteiger partial charge is 0.444 e. The summed E-state index contributed by atoms with van der Waals surface area (Å²) < 4.78 is 210. The smallest absolute Gasteiger partial charge is 0.407 e. The Bertz CT molecular complexity index is 4340. The molecule has 8 heterocycles. The molecule has 6 aliphatic rings. The minimum Gasteiger partial charge on any atom is -0.444 e. The Morgan fingerprint density at radius 3 is 1.25 bits per heavy atom. The average Bonchev–Trinajstić information content (AvgIpc) is 1.17. The molecule has 596 valence electrons. The summed E-state index contributed by atoms with van der Waals surface area (Å²) >= 11 is 0. The van der Waals surface area contributed by atoms with Crippen molar-refractivity contribution in [1.82, 2.24) is 57.9 Å². The van der Waals surface area contributed by atoms with Crippen molar-refractivity contribution in [3.63, 3.8) is 0 Å². The van der Waals surface area contributed by atoms with E-state index in [2.05, 4.69) is 51.9 Å². The molecule has 1 unspecified atom stereocenters. The zero-order valence-electron chi connectivity index (χ0n) is 59.1. The fourth-order valence-electron chi connectivity index (χ4n) is 11.7. The zero-order valence-corrected chi connectivity index (χ0v) is 64.0. The van der Waals surface area contributed by atoms with E-state index in [0.29, 0.717) is 47.8 Å². The molecular formula is C61H89ClF8N16O15S5. The normalized spacial score (nSPS) is 18.7. The van der Waals surface area contributed by atoms with Gasteiger partial charge in [-0.1, -0.05) is 25.7 Å². The van der Waals surface area contributed by atoms with Gasteiger partial charge in [-0.25, -0.2) is 58.2 Å². The van der Waals surface area contributed by atoms with Gasteiger partial charge in [0.2, 0.25) is 11.1 Å². The summed E-state index contributed by atoms with van der Waals surface area (Å²) in [5, 5.41) is 31.7. The van der Waals surface area contributed by atoms with E-state index in [1.807, 2.05) is 32.9 Å². The molecule has 4 aliphatic heterocycles. The quantitative estimate of drug-likeness (QED) is 0.0471. The Labute approximate surface area is 616 Å². The Hall–Kier alpha value is -6.62. The van der Waals surface area contributed by atoms with E-state index >= 15 is 0 Å². The molecule has 4 aromatic rings. The number of hydrogen-bond donors (Lipinski definition) is 5. The summed E-state index contributed by atoms with van der Waals surface area (Å²) in [6.07, 6.45) is 15.4. The number of piperidine rings is 4. The predicted octanol–water partition coefficient (Wildman–Crippen LogP) is 7.25. The lowest BCUT2D eigenvalue weighted by Gasteiger charge is -2.31. The van der Waals surface area contributed by atoms with Crippen molar-refractivity contribution in [2.45, 2.75) is 220 Å². The first-order chi connectivity index (χ1) is 49.3. The van der Waals surface area contributed by atoms with E-state index in [1.165, 1.54) is 24.6 Å². The fraction of sp³-hybridized carbons (Fsp3) is 0.705. The first-order valence-corrected chi connectivity index (χ1v) is 42.0. The van der Waals surface area contributed by atoms with Gasteiger partial charge in [0.15, 0.2) is 0 Å². The second-order valence-corrected chi connectivity index (χ2v) is 36.7. The molecule has 2 aliphatic carbocycles. The maximum Gasteiger partial charge on any atom is 0.407 e. The molecule has 6 N–H and O–H groups in total. The second kappa shape index (κ2) is 39.7. The number of nitriles is 2.